The molecule has 13 heteroatoms. The minimum Gasteiger partial charge on any atom is -0.507 e. The Morgan fingerprint density at radius 2 is 1.85 bits per heavy atom. The lowest BCUT2D eigenvalue weighted by molar-refractivity contribution is -0.134. The highest BCUT2D eigenvalue weighted by Gasteiger charge is 2.41. The van der Waals surface area contributed by atoms with Gasteiger partial charge in [-0.1, -0.05) is 29.8 Å². The van der Waals surface area contributed by atoms with Crippen molar-refractivity contribution in [3.8, 4) is 11.5 Å². The molecule has 5 rings (SSSR count). The molecule has 2 aliphatic rings. The molecular formula is C33H33N5O8. The third kappa shape index (κ3) is 6.89. The van der Waals surface area contributed by atoms with Crippen molar-refractivity contribution in [1.82, 2.24) is 4.90 Å². The third-order valence-electron chi connectivity index (χ3n) is 7.84. The number of hydrogen-bond donors (Lipinski definition) is 4. The van der Waals surface area contributed by atoms with Gasteiger partial charge in [-0.3, -0.25) is 14.4 Å². The van der Waals surface area contributed by atoms with E-state index in [1.165, 1.54) is 25.3 Å². The fourth-order valence-corrected chi connectivity index (χ4v) is 5.45. The second-order valence-electron chi connectivity index (χ2n) is 11.0. The molecule has 2 aliphatic heterocycles. The van der Waals surface area contributed by atoms with Crippen LogP contribution in [-0.4, -0.2) is 58.2 Å². The van der Waals surface area contributed by atoms with E-state index in [4.69, 9.17) is 15.2 Å². The van der Waals surface area contributed by atoms with Crippen molar-refractivity contribution in [3.05, 3.63) is 88.6 Å². The highest BCUT2D eigenvalue weighted by atomic mass is 16.5. The van der Waals surface area contributed by atoms with Gasteiger partial charge in [0.2, 0.25) is 5.91 Å². The maximum Gasteiger partial charge on any atom is 0.339 e. The van der Waals surface area contributed by atoms with Gasteiger partial charge in [-0.05, 0) is 67.6 Å². The first-order chi connectivity index (χ1) is 22.0. The number of fused-ring (bicyclic) bond motifs is 2. The number of primary amides is 1. The van der Waals surface area contributed by atoms with E-state index in [1.807, 2.05) is 0 Å². The lowest BCUT2D eigenvalue weighted by Gasteiger charge is -2.28. The second kappa shape index (κ2) is 13.6. The van der Waals surface area contributed by atoms with Crippen molar-refractivity contribution >= 4 is 40.8 Å². The average molecular weight is 628 g/mol. The van der Waals surface area contributed by atoms with E-state index in [2.05, 4.69) is 15.5 Å². The Morgan fingerprint density at radius 3 is 2.59 bits per heavy atom. The highest BCUT2D eigenvalue weighted by molar-refractivity contribution is 6.03. The molecule has 0 spiro atoms. The molecule has 0 saturated heterocycles. The van der Waals surface area contributed by atoms with Crippen LogP contribution in [0.1, 0.15) is 57.5 Å². The zero-order chi connectivity index (χ0) is 33.0. The first kappa shape index (κ1) is 31.9. The summed E-state index contributed by atoms with van der Waals surface area (Å²) in [7, 11) is 1.52. The number of carbonyl (C=O) groups is 4. The Hall–Kier alpha value is -5.56. The highest BCUT2D eigenvalue weighted by Crippen LogP contribution is 2.40. The van der Waals surface area contributed by atoms with Gasteiger partial charge in [0.15, 0.2) is 5.75 Å². The van der Waals surface area contributed by atoms with Crippen LogP contribution >= 0.6 is 0 Å². The number of nitrogens with two attached hydrogens (primary N) is 1. The van der Waals surface area contributed by atoms with E-state index in [-0.39, 0.29) is 54.0 Å². The van der Waals surface area contributed by atoms with Crippen molar-refractivity contribution < 1.29 is 38.9 Å². The van der Waals surface area contributed by atoms with E-state index >= 15 is 0 Å². The maximum absolute atomic E-state index is 13.7. The molecular weight excluding hydrogens is 594 g/mol. The normalized spacial score (nSPS) is 17.1. The number of carboxylic acid groups (broad SMARTS) is 1. The van der Waals surface area contributed by atoms with Crippen LogP contribution in [0.15, 0.2) is 76.6 Å². The predicted octanol–water partition coefficient (Wildman–Crippen LogP) is 5.11. The first-order valence-corrected chi connectivity index (χ1v) is 14.6. The molecule has 0 unspecified atom stereocenters. The number of nitrogens with zero attached hydrogens (tertiary/aromatic N) is 3. The summed E-state index contributed by atoms with van der Waals surface area (Å²) in [6.45, 7) is 1.78. The standard InChI is InChI=1S/C33H33N5O8/c1-18-7-11-22-29(35-31(45-2)25-15-19(8-13-27(34)40)17-38(25)32(22)42)30(18)46-28(41)14-9-20-5-3-4-6-24(20)37-36-21-10-12-26(39)23(16-21)33(43)44/h3-7,10-12,16-17,25,31,35,39H,8-9,13-15H2,1-2H3,(H2,34,40)(H,43,44)/t25-,31+/m0/s1. The number of carbonyl (C=O) groups excluding carboxylic acids is 3. The Bertz CT molecular complexity index is 1770. The van der Waals surface area contributed by atoms with Crippen LogP contribution in [0.3, 0.4) is 0 Å². The van der Waals surface area contributed by atoms with Crippen molar-refractivity contribution in [2.24, 2.45) is 16.0 Å². The number of aromatic carboxylic acids is 1. The number of amides is 2. The van der Waals surface area contributed by atoms with Gasteiger partial charge in [0.1, 0.15) is 17.5 Å². The number of azo groups is 1. The van der Waals surface area contributed by atoms with E-state index in [0.29, 0.717) is 40.9 Å². The molecule has 2 amide bonds. The lowest BCUT2D eigenvalue weighted by Crippen LogP contribution is -2.43. The number of nitrogens with one attached hydrogen (secondary N) is 1. The maximum atomic E-state index is 13.7. The van der Waals surface area contributed by atoms with Crippen LogP contribution in [-0.2, 0) is 20.7 Å². The molecule has 5 N–H and O–H groups in total. The van der Waals surface area contributed by atoms with Gasteiger partial charge in [0.25, 0.3) is 5.91 Å². The topological polar surface area (TPSA) is 193 Å². The minimum atomic E-state index is -1.29. The summed E-state index contributed by atoms with van der Waals surface area (Å²) in [5.41, 5.74) is 8.67. The smallest absolute Gasteiger partial charge is 0.339 e. The largest absolute Gasteiger partial charge is 0.507 e. The first-order valence-electron chi connectivity index (χ1n) is 14.6. The number of ether oxygens (including phenoxy) is 2. The number of aromatic hydroxyl groups is 1. The van der Waals surface area contributed by atoms with Gasteiger partial charge in [0, 0.05) is 19.7 Å². The van der Waals surface area contributed by atoms with E-state index in [1.54, 1.807) is 54.4 Å². The fraction of sp³-hybridized carbons (Fsp3) is 0.273. The molecule has 13 nitrogen and oxygen atoms in total. The van der Waals surface area contributed by atoms with E-state index in [0.717, 1.165) is 5.57 Å². The van der Waals surface area contributed by atoms with Crippen LogP contribution in [0.2, 0.25) is 0 Å². The molecule has 0 fully saturated rings. The molecule has 0 aromatic heterocycles. The number of aryl methyl sites for hydroxylation is 2. The number of rotatable bonds is 11. The molecule has 3 aromatic rings. The van der Waals surface area contributed by atoms with E-state index in [9.17, 15) is 29.4 Å². The summed E-state index contributed by atoms with van der Waals surface area (Å²) in [4.78, 5) is 51.1. The Morgan fingerprint density at radius 1 is 1.07 bits per heavy atom. The monoisotopic (exact) mass is 627 g/mol. The van der Waals surface area contributed by atoms with Gasteiger partial charge in [-0.2, -0.15) is 10.2 Å². The van der Waals surface area contributed by atoms with Gasteiger partial charge < -0.3 is 35.6 Å². The van der Waals surface area contributed by atoms with Crippen molar-refractivity contribution in [1.29, 1.82) is 0 Å². The summed E-state index contributed by atoms with van der Waals surface area (Å²) in [6.07, 6.45) is 2.50. The van der Waals surface area contributed by atoms with Crippen molar-refractivity contribution in [2.75, 3.05) is 12.4 Å². The van der Waals surface area contributed by atoms with Crippen LogP contribution in [0, 0.1) is 6.92 Å². The summed E-state index contributed by atoms with van der Waals surface area (Å²) in [5, 5.41) is 30.6. The van der Waals surface area contributed by atoms with Gasteiger partial charge >= 0.3 is 11.9 Å². The molecule has 3 aromatic carbocycles. The van der Waals surface area contributed by atoms with Crippen LogP contribution in [0.4, 0.5) is 17.1 Å². The van der Waals surface area contributed by atoms with Crippen LogP contribution in [0.25, 0.3) is 0 Å². The number of methoxy groups -OCH3 is 1. The van der Waals surface area contributed by atoms with Crippen LogP contribution in [0.5, 0.6) is 11.5 Å². The van der Waals surface area contributed by atoms with Crippen molar-refractivity contribution in [2.45, 2.75) is 51.3 Å². The summed E-state index contributed by atoms with van der Waals surface area (Å²) in [6, 6.07) is 14.0. The Kier molecular flexibility index (Phi) is 9.42. The summed E-state index contributed by atoms with van der Waals surface area (Å²) >= 11 is 0. The lowest BCUT2D eigenvalue weighted by atomic mass is 10.0. The van der Waals surface area contributed by atoms with Gasteiger partial charge in [-0.25, -0.2) is 4.79 Å². The van der Waals surface area contributed by atoms with Gasteiger partial charge in [-0.15, -0.1) is 0 Å². The minimum absolute atomic E-state index is 0.0135. The van der Waals surface area contributed by atoms with Crippen LogP contribution < -0.4 is 15.8 Å². The molecule has 46 heavy (non-hydrogen) atoms. The average Bonchev–Trinajstić information content (AvgIpc) is 3.42. The van der Waals surface area contributed by atoms with Crippen molar-refractivity contribution in [3.63, 3.8) is 0 Å². The number of anilines is 1. The fourth-order valence-electron chi connectivity index (χ4n) is 5.45. The quantitative estimate of drug-likeness (QED) is 0.127. The molecule has 0 radical (unpaired) electrons. The predicted molar refractivity (Wildman–Crippen MR) is 166 cm³/mol. The van der Waals surface area contributed by atoms with E-state index < -0.39 is 24.1 Å². The molecule has 0 bridgehead atoms. The zero-order valence-corrected chi connectivity index (χ0v) is 25.2. The summed E-state index contributed by atoms with van der Waals surface area (Å²) < 4.78 is 11.6. The number of carboxylic acids is 1. The molecule has 238 valence electrons. The van der Waals surface area contributed by atoms with Gasteiger partial charge in [0.05, 0.1) is 35.1 Å². The molecule has 2 atom stereocenters. The molecule has 0 aliphatic carbocycles. The number of benzene rings is 3. The zero-order valence-electron chi connectivity index (χ0n) is 25.2. The molecule has 2 heterocycles. The SMILES string of the molecule is CO[C@H]1Nc2c(ccc(C)c2OC(=O)CCc2ccccc2N=Nc2ccc(O)c(C(=O)O)c2)C(=O)N2C=C(CCC(N)=O)C[C@@H]12. The Labute approximate surface area is 264 Å². The third-order valence-corrected chi connectivity index (χ3v) is 7.84. The number of phenols is 1. The number of esters is 1. The Balaban J connectivity index is 1.32. The summed E-state index contributed by atoms with van der Waals surface area (Å²) in [5.74, 6) is -2.68. The number of hydrogen-bond acceptors (Lipinski definition) is 10. The molecule has 0 saturated carbocycles. The second-order valence-corrected chi connectivity index (χ2v) is 11.0.